The normalized spacial score (nSPS) is 12.1. The molecule has 37 heavy (non-hydrogen) atoms. The summed E-state index contributed by atoms with van der Waals surface area (Å²) in [6.45, 7) is 7.48. The minimum atomic E-state index is -0.717. The number of aliphatic hydroxyl groups is 1. The molecule has 0 fully saturated rings. The molecule has 0 radical (unpaired) electrons. The van der Waals surface area contributed by atoms with E-state index in [9.17, 15) is 9.50 Å². The quantitative estimate of drug-likeness (QED) is 0.180. The lowest BCUT2D eigenvalue weighted by Gasteiger charge is -2.24. The first-order chi connectivity index (χ1) is 18.1. The van der Waals surface area contributed by atoms with Crippen molar-refractivity contribution in [2.75, 3.05) is 19.8 Å². The molecule has 0 saturated carbocycles. The number of nitrogens with zero attached hydrogens (tertiary/aromatic N) is 3. The molecule has 8 heteroatoms. The molecule has 0 spiro atoms. The number of furan rings is 1. The van der Waals surface area contributed by atoms with Gasteiger partial charge in [-0.1, -0.05) is 31.2 Å². The van der Waals surface area contributed by atoms with E-state index in [2.05, 4.69) is 11.5 Å². The fourth-order valence-electron chi connectivity index (χ4n) is 4.05. The molecule has 0 aliphatic carbocycles. The Morgan fingerprint density at radius 1 is 1.11 bits per heavy atom. The average molecular weight is 506 g/mol. The van der Waals surface area contributed by atoms with Crippen LogP contribution in [0.5, 0.6) is 11.6 Å². The summed E-state index contributed by atoms with van der Waals surface area (Å²) >= 11 is 0. The summed E-state index contributed by atoms with van der Waals surface area (Å²) in [5.74, 6) is 1.64. The molecular formula is C29H32FN3O4. The van der Waals surface area contributed by atoms with Crippen molar-refractivity contribution in [2.45, 2.75) is 32.5 Å². The Morgan fingerprint density at radius 3 is 2.57 bits per heavy atom. The molecule has 0 aliphatic heterocycles. The van der Waals surface area contributed by atoms with E-state index < -0.39 is 6.10 Å². The number of aryl methyl sites for hydroxylation is 1. The number of aliphatic hydroxyl groups excluding tert-OH is 1. The van der Waals surface area contributed by atoms with Gasteiger partial charge < -0.3 is 19.0 Å². The average Bonchev–Trinajstić information content (AvgIpc) is 3.53. The molecule has 0 amide bonds. The summed E-state index contributed by atoms with van der Waals surface area (Å²) < 4.78 is 32.8. The van der Waals surface area contributed by atoms with E-state index in [4.69, 9.17) is 19.0 Å². The highest BCUT2D eigenvalue weighted by Crippen LogP contribution is 2.32. The first kappa shape index (κ1) is 26.3. The van der Waals surface area contributed by atoms with Crippen molar-refractivity contribution < 1.29 is 23.4 Å². The standard InChI is InChI=1S/C29H32FN3O4/c1-3-16-35-21-24(34)18-32(19-26-11-8-17-36-26)20-27-28(4-2)31-33(23-14-12-22(30)13-15-23)29(27)37-25-9-6-5-7-10-25/h3,5-15,17,24,34H,1,4,16,18-21H2,2H3. The van der Waals surface area contributed by atoms with Gasteiger partial charge >= 0.3 is 0 Å². The fourth-order valence-corrected chi connectivity index (χ4v) is 4.05. The Balaban J connectivity index is 1.70. The van der Waals surface area contributed by atoms with Gasteiger partial charge in [-0.05, 0) is 55.0 Å². The number of halogens is 1. The molecule has 0 bridgehead atoms. The molecule has 1 unspecified atom stereocenters. The van der Waals surface area contributed by atoms with E-state index in [0.29, 0.717) is 50.0 Å². The third kappa shape index (κ3) is 7.16. The van der Waals surface area contributed by atoms with E-state index in [1.807, 2.05) is 49.4 Å². The highest BCUT2D eigenvalue weighted by Gasteiger charge is 2.24. The van der Waals surface area contributed by atoms with Crippen molar-refractivity contribution in [3.63, 3.8) is 0 Å². The van der Waals surface area contributed by atoms with Crippen LogP contribution >= 0.6 is 0 Å². The van der Waals surface area contributed by atoms with Gasteiger partial charge in [0, 0.05) is 13.1 Å². The predicted molar refractivity (Wildman–Crippen MR) is 139 cm³/mol. The predicted octanol–water partition coefficient (Wildman–Crippen LogP) is 5.52. The van der Waals surface area contributed by atoms with Crippen molar-refractivity contribution >= 4 is 0 Å². The highest BCUT2D eigenvalue weighted by atomic mass is 19.1. The maximum absolute atomic E-state index is 13.7. The van der Waals surface area contributed by atoms with Crippen LogP contribution in [-0.4, -0.2) is 45.6 Å². The Kier molecular flexibility index (Phi) is 9.26. The molecule has 194 valence electrons. The first-order valence-corrected chi connectivity index (χ1v) is 12.3. The van der Waals surface area contributed by atoms with Crippen LogP contribution in [0.2, 0.25) is 0 Å². The van der Waals surface area contributed by atoms with Crippen LogP contribution in [0.25, 0.3) is 5.69 Å². The fraction of sp³-hybridized carbons (Fsp3) is 0.276. The third-order valence-electron chi connectivity index (χ3n) is 5.74. The highest BCUT2D eigenvalue weighted by molar-refractivity contribution is 5.44. The molecule has 2 aromatic carbocycles. The number of para-hydroxylation sites is 1. The van der Waals surface area contributed by atoms with Crippen LogP contribution in [-0.2, 0) is 24.2 Å². The van der Waals surface area contributed by atoms with Gasteiger partial charge in [0.05, 0.1) is 49.1 Å². The smallest absolute Gasteiger partial charge is 0.227 e. The maximum atomic E-state index is 13.7. The topological polar surface area (TPSA) is 72.9 Å². The van der Waals surface area contributed by atoms with Gasteiger partial charge in [0.1, 0.15) is 17.3 Å². The van der Waals surface area contributed by atoms with Gasteiger partial charge in [-0.3, -0.25) is 4.90 Å². The van der Waals surface area contributed by atoms with E-state index in [-0.39, 0.29) is 12.4 Å². The van der Waals surface area contributed by atoms with Gasteiger partial charge in [0.2, 0.25) is 5.88 Å². The largest absolute Gasteiger partial charge is 0.468 e. The van der Waals surface area contributed by atoms with Crippen molar-refractivity contribution in [3.05, 3.63) is 108 Å². The minimum absolute atomic E-state index is 0.184. The van der Waals surface area contributed by atoms with Crippen molar-refractivity contribution in [1.82, 2.24) is 14.7 Å². The van der Waals surface area contributed by atoms with E-state index >= 15 is 0 Å². The molecule has 0 aliphatic rings. The van der Waals surface area contributed by atoms with Crippen molar-refractivity contribution in [3.8, 4) is 17.3 Å². The summed E-state index contributed by atoms with van der Waals surface area (Å²) in [5, 5.41) is 15.5. The Hall–Kier alpha value is -3.72. The monoisotopic (exact) mass is 505 g/mol. The zero-order valence-electron chi connectivity index (χ0n) is 20.9. The van der Waals surface area contributed by atoms with Crippen LogP contribution in [0.4, 0.5) is 4.39 Å². The number of benzene rings is 2. The Bertz CT molecular complexity index is 1240. The number of rotatable bonds is 14. The van der Waals surface area contributed by atoms with E-state index in [1.165, 1.54) is 12.1 Å². The lowest BCUT2D eigenvalue weighted by Crippen LogP contribution is -2.34. The van der Waals surface area contributed by atoms with E-state index in [1.54, 1.807) is 29.2 Å². The number of aromatic nitrogens is 2. The second-order valence-electron chi connectivity index (χ2n) is 8.62. The first-order valence-electron chi connectivity index (χ1n) is 12.3. The molecular weight excluding hydrogens is 473 g/mol. The lowest BCUT2D eigenvalue weighted by molar-refractivity contribution is 0.0214. The van der Waals surface area contributed by atoms with Crippen LogP contribution in [0, 0.1) is 5.82 Å². The molecule has 7 nitrogen and oxygen atoms in total. The van der Waals surface area contributed by atoms with E-state index in [0.717, 1.165) is 17.0 Å². The molecule has 4 aromatic rings. The second-order valence-corrected chi connectivity index (χ2v) is 8.62. The summed E-state index contributed by atoms with van der Waals surface area (Å²) in [5.41, 5.74) is 2.40. The maximum Gasteiger partial charge on any atom is 0.227 e. The van der Waals surface area contributed by atoms with Crippen LogP contribution < -0.4 is 4.74 Å². The van der Waals surface area contributed by atoms with Gasteiger partial charge in [-0.15, -0.1) is 6.58 Å². The lowest BCUT2D eigenvalue weighted by atomic mass is 10.1. The summed E-state index contributed by atoms with van der Waals surface area (Å²) in [6.07, 6.45) is 3.22. The van der Waals surface area contributed by atoms with Crippen molar-refractivity contribution in [1.29, 1.82) is 0 Å². The van der Waals surface area contributed by atoms with Gasteiger partial charge in [0.25, 0.3) is 0 Å². The molecule has 0 saturated heterocycles. The number of hydrogen-bond acceptors (Lipinski definition) is 6. The summed E-state index contributed by atoms with van der Waals surface area (Å²) in [4.78, 5) is 2.07. The van der Waals surface area contributed by atoms with Gasteiger partial charge in [0.15, 0.2) is 0 Å². The zero-order valence-corrected chi connectivity index (χ0v) is 20.9. The van der Waals surface area contributed by atoms with Crippen molar-refractivity contribution in [2.24, 2.45) is 0 Å². The second kappa shape index (κ2) is 13.0. The SMILES string of the molecule is C=CCOCC(O)CN(Cc1ccco1)Cc1c(CC)nn(-c2ccc(F)cc2)c1Oc1ccccc1. The number of hydrogen-bond donors (Lipinski definition) is 1. The minimum Gasteiger partial charge on any atom is -0.468 e. The summed E-state index contributed by atoms with van der Waals surface area (Å²) in [6, 6.07) is 19.3. The molecule has 4 rings (SSSR count). The van der Waals surface area contributed by atoms with Gasteiger partial charge in [-0.25, -0.2) is 9.07 Å². The Morgan fingerprint density at radius 2 is 1.89 bits per heavy atom. The number of ether oxygens (including phenoxy) is 2. The molecule has 1 atom stereocenters. The van der Waals surface area contributed by atoms with Crippen LogP contribution in [0.15, 0.2) is 90.1 Å². The van der Waals surface area contributed by atoms with Crippen LogP contribution in [0.1, 0.15) is 23.9 Å². The summed E-state index contributed by atoms with van der Waals surface area (Å²) in [7, 11) is 0. The molecule has 2 heterocycles. The Labute approximate surface area is 216 Å². The third-order valence-corrected chi connectivity index (χ3v) is 5.74. The van der Waals surface area contributed by atoms with Crippen LogP contribution in [0.3, 0.4) is 0 Å². The molecule has 1 N–H and O–H groups in total. The molecule has 2 aromatic heterocycles. The zero-order chi connectivity index (χ0) is 26.0. The van der Waals surface area contributed by atoms with Gasteiger partial charge in [-0.2, -0.15) is 5.10 Å².